The predicted octanol–water partition coefficient (Wildman–Crippen LogP) is 4.15. The van der Waals surface area contributed by atoms with Crippen LogP contribution in [0.3, 0.4) is 0 Å². The smallest absolute Gasteiger partial charge is 0.321 e. The molecule has 5 rings (SSSR count). The average molecular weight is 583 g/mol. The lowest BCUT2D eigenvalue weighted by Crippen LogP contribution is -2.40. The van der Waals surface area contributed by atoms with Crippen LogP contribution in [0.1, 0.15) is 27.1 Å². The van der Waals surface area contributed by atoms with Crippen molar-refractivity contribution in [3.05, 3.63) is 75.9 Å². The molecule has 4 N–H and O–H groups in total. The first-order chi connectivity index (χ1) is 19.3. The van der Waals surface area contributed by atoms with E-state index in [9.17, 15) is 14.4 Å². The highest BCUT2D eigenvalue weighted by Gasteiger charge is 2.28. The first kappa shape index (κ1) is 27.7. The molecule has 12 heteroatoms. The molecule has 0 saturated carbocycles. The molecular weight excluding hydrogens is 555 g/mol. The summed E-state index contributed by atoms with van der Waals surface area (Å²) in [5.74, 6) is -0.313. The number of morpholine rings is 1. The lowest BCUT2D eigenvalue weighted by Gasteiger charge is -2.26. The molecule has 2 aromatic carbocycles. The Morgan fingerprint density at radius 2 is 1.62 bits per heavy atom. The lowest BCUT2D eigenvalue weighted by atomic mass is 10.0. The van der Waals surface area contributed by atoms with Crippen molar-refractivity contribution in [3.63, 3.8) is 0 Å². The fourth-order valence-corrected chi connectivity index (χ4v) is 5.25. The van der Waals surface area contributed by atoms with Gasteiger partial charge in [-0.2, -0.15) is 0 Å². The summed E-state index contributed by atoms with van der Waals surface area (Å²) < 4.78 is 5.32. The zero-order valence-corrected chi connectivity index (χ0v) is 23.0. The van der Waals surface area contributed by atoms with E-state index in [4.69, 9.17) is 33.7 Å². The number of nitrogen functional groups attached to an aromatic ring is 1. The van der Waals surface area contributed by atoms with E-state index in [1.165, 1.54) is 0 Å². The minimum atomic E-state index is -0.375. The number of carbonyl (C=O) groups is 3. The van der Waals surface area contributed by atoms with Crippen LogP contribution >= 0.6 is 23.2 Å². The van der Waals surface area contributed by atoms with Crippen molar-refractivity contribution in [2.45, 2.75) is 12.5 Å². The predicted molar refractivity (Wildman–Crippen MR) is 154 cm³/mol. The third kappa shape index (κ3) is 6.47. The minimum Gasteiger partial charge on any atom is -0.383 e. The average Bonchev–Trinajstić information content (AvgIpc) is 3.41. The highest BCUT2D eigenvalue weighted by atomic mass is 35.5. The largest absolute Gasteiger partial charge is 0.383 e. The maximum absolute atomic E-state index is 13.1. The number of anilines is 2. The van der Waals surface area contributed by atoms with Gasteiger partial charge >= 0.3 is 6.03 Å². The topological polar surface area (TPSA) is 130 Å². The van der Waals surface area contributed by atoms with Crippen molar-refractivity contribution >= 4 is 52.6 Å². The number of hydrogen-bond acceptors (Lipinski definition) is 6. The van der Waals surface area contributed by atoms with Crippen LogP contribution in [0.25, 0.3) is 11.1 Å². The molecule has 2 aliphatic rings. The zero-order chi connectivity index (χ0) is 28.2. The van der Waals surface area contributed by atoms with E-state index in [-0.39, 0.29) is 35.3 Å². The second-order valence-electron chi connectivity index (χ2n) is 9.63. The van der Waals surface area contributed by atoms with Crippen LogP contribution in [0.15, 0.2) is 54.7 Å². The molecule has 40 heavy (non-hydrogen) atoms. The Morgan fingerprint density at radius 3 is 2.33 bits per heavy atom. The van der Waals surface area contributed by atoms with Crippen molar-refractivity contribution in [1.29, 1.82) is 0 Å². The maximum Gasteiger partial charge on any atom is 0.321 e. The van der Waals surface area contributed by atoms with E-state index in [2.05, 4.69) is 15.6 Å². The van der Waals surface area contributed by atoms with Gasteiger partial charge in [-0.05, 0) is 48.4 Å². The number of ether oxygens (including phenoxy) is 1. The van der Waals surface area contributed by atoms with Gasteiger partial charge in [0.2, 0.25) is 0 Å². The Hall–Kier alpha value is -3.86. The Labute approximate surface area is 241 Å². The number of urea groups is 1. The van der Waals surface area contributed by atoms with Gasteiger partial charge in [0.1, 0.15) is 5.82 Å². The Kier molecular flexibility index (Phi) is 8.39. The maximum atomic E-state index is 13.1. The zero-order valence-electron chi connectivity index (χ0n) is 21.5. The standard InChI is InChI=1S/C28H28Cl2N6O4/c29-20-12-21(30)14-23(13-20)34-28(39)36-6-5-22(16-36)33-26(37)24-11-19(15-32-25(24)31)17-1-3-18(4-2-17)27(38)35-7-9-40-10-8-35/h1-4,11-15,22H,5-10,16H2,(H2,31,32)(H,33,37)(H,34,39)/t22-/m1/s1. The highest BCUT2D eigenvalue weighted by molar-refractivity contribution is 6.35. The molecule has 10 nitrogen and oxygen atoms in total. The van der Waals surface area contributed by atoms with Gasteiger partial charge in [0.15, 0.2) is 0 Å². The number of carbonyl (C=O) groups excluding carboxylic acids is 3. The van der Waals surface area contributed by atoms with E-state index in [1.54, 1.807) is 52.4 Å². The number of halogens is 2. The minimum absolute atomic E-state index is 0.0407. The summed E-state index contributed by atoms with van der Waals surface area (Å²) in [6.07, 6.45) is 2.18. The second-order valence-corrected chi connectivity index (χ2v) is 10.5. The summed E-state index contributed by atoms with van der Waals surface area (Å²) in [6, 6.07) is 13.1. The van der Waals surface area contributed by atoms with Crippen molar-refractivity contribution in [2.75, 3.05) is 50.4 Å². The summed E-state index contributed by atoms with van der Waals surface area (Å²) in [6.45, 7) is 3.01. The number of aromatic nitrogens is 1. The molecule has 1 aromatic heterocycles. The van der Waals surface area contributed by atoms with Crippen LogP contribution in [0.2, 0.25) is 10.0 Å². The van der Waals surface area contributed by atoms with Gasteiger partial charge in [0.25, 0.3) is 11.8 Å². The summed E-state index contributed by atoms with van der Waals surface area (Å²) in [5, 5.41) is 6.57. The second kappa shape index (κ2) is 12.1. The van der Waals surface area contributed by atoms with Crippen LogP contribution < -0.4 is 16.4 Å². The van der Waals surface area contributed by atoms with E-state index < -0.39 is 0 Å². The van der Waals surface area contributed by atoms with E-state index in [0.717, 1.165) is 5.56 Å². The van der Waals surface area contributed by atoms with Gasteiger partial charge in [0.05, 0.1) is 18.8 Å². The van der Waals surface area contributed by atoms with E-state index in [0.29, 0.717) is 72.7 Å². The molecule has 3 aromatic rings. The fourth-order valence-electron chi connectivity index (χ4n) is 4.72. The molecule has 3 heterocycles. The third-order valence-corrected chi connectivity index (χ3v) is 7.29. The number of nitrogens with one attached hydrogen (secondary N) is 2. The molecular formula is C28H28Cl2N6O4. The van der Waals surface area contributed by atoms with Crippen molar-refractivity contribution < 1.29 is 19.1 Å². The van der Waals surface area contributed by atoms with Crippen LogP contribution in [-0.4, -0.2) is 78.1 Å². The first-order valence-electron chi connectivity index (χ1n) is 12.8. The van der Waals surface area contributed by atoms with Crippen molar-refractivity contribution in [3.8, 4) is 11.1 Å². The Bertz CT molecular complexity index is 1410. The number of likely N-dealkylation sites (tertiary alicyclic amines) is 1. The lowest BCUT2D eigenvalue weighted by molar-refractivity contribution is 0.0303. The molecule has 208 valence electrons. The molecule has 2 fully saturated rings. The van der Waals surface area contributed by atoms with Gasteiger partial charge < -0.3 is 30.9 Å². The summed E-state index contributed by atoms with van der Waals surface area (Å²) >= 11 is 12.0. The highest BCUT2D eigenvalue weighted by Crippen LogP contribution is 2.25. The van der Waals surface area contributed by atoms with Crippen molar-refractivity contribution in [1.82, 2.24) is 20.1 Å². The number of pyridine rings is 1. The quantitative estimate of drug-likeness (QED) is 0.414. The van der Waals surface area contributed by atoms with Gasteiger partial charge in [-0.15, -0.1) is 0 Å². The van der Waals surface area contributed by atoms with Gasteiger partial charge in [-0.3, -0.25) is 9.59 Å². The van der Waals surface area contributed by atoms with Gasteiger partial charge in [-0.1, -0.05) is 35.3 Å². The number of nitrogens with zero attached hydrogens (tertiary/aromatic N) is 3. The summed E-state index contributed by atoms with van der Waals surface area (Å²) in [5.41, 5.74) is 8.85. The Morgan fingerprint density at radius 1 is 0.925 bits per heavy atom. The number of hydrogen-bond donors (Lipinski definition) is 3. The van der Waals surface area contributed by atoms with E-state index in [1.807, 2.05) is 12.1 Å². The van der Waals surface area contributed by atoms with Crippen LogP contribution in [-0.2, 0) is 4.74 Å². The summed E-state index contributed by atoms with van der Waals surface area (Å²) in [4.78, 5) is 46.2. The molecule has 1 atom stereocenters. The number of nitrogens with two attached hydrogens (primary N) is 1. The molecule has 0 aliphatic carbocycles. The Balaban J connectivity index is 1.21. The van der Waals surface area contributed by atoms with Gasteiger partial charge in [-0.25, -0.2) is 9.78 Å². The molecule has 0 radical (unpaired) electrons. The molecule has 0 spiro atoms. The van der Waals surface area contributed by atoms with Gasteiger partial charge in [0, 0.05) is 65.3 Å². The number of amides is 4. The molecule has 4 amide bonds. The first-order valence-corrected chi connectivity index (χ1v) is 13.6. The monoisotopic (exact) mass is 582 g/mol. The van der Waals surface area contributed by atoms with Crippen LogP contribution in [0.4, 0.5) is 16.3 Å². The van der Waals surface area contributed by atoms with Crippen LogP contribution in [0, 0.1) is 0 Å². The summed E-state index contributed by atoms with van der Waals surface area (Å²) in [7, 11) is 0. The van der Waals surface area contributed by atoms with Crippen molar-refractivity contribution in [2.24, 2.45) is 0 Å². The number of benzene rings is 2. The third-order valence-electron chi connectivity index (χ3n) is 6.85. The number of rotatable bonds is 5. The normalized spacial score (nSPS) is 17.0. The molecule has 2 saturated heterocycles. The molecule has 2 aliphatic heterocycles. The fraction of sp³-hybridized carbons (Fsp3) is 0.286. The SMILES string of the molecule is Nc1ncc(-c2ccc(C(=O)N3CCOCC3)cc2)cc1C(=O)N[C@@H]1CCN(C(=O)Nc2cc(Cl)cc(Cl)c2)C1. The molecule has 0 unspecified atom stereocenters. The van der Waals surface area contributed by atoms with Crippen LogP contribution in [0.5, 0.6) is 0 Å². The molecule has 0 bridgehead atoms. The van der Waals surface area contributed by atoms with E-state index >= 15 is 0 Å².